The Morgan fingerprint density at radius 2 is 1.92 bits per heavy atom. The molecule has 2 aromatic rings. The number of amides is 1. The number of nitrogens with one attached hydrogen (secondary N) is 2. The number of anilines is 2. The van der Waals surface area contributed by atoms with Gasteiger partial charge >= 0.3 is 0 Å². The van der Waals surface area contributed by atoms with Crippen LogP contribution >= 0.6 is 0 Å². The van der Waals surface area contributed by atoms with E-state index in [9.17, 15) is 4.79 Å². The van der Waals surface area contributed by atoms with Crippen LogP contribution in [0.3, 0.4) is 0 Å². The molecule has 0 aliphatic heterocycles. The van der Waals surface area contributed by atoms with E-state index in [1.54, 1.807) is 12.3 Å². The van der Waals surface area contributed by atoms with Gasteiger partial charge in [0.05, 0.1) is 0 Å². The zero-order valence-electron chi connectivity index (χ0n) is 14.3. The molecule has 1 fully saturated rings. The summed E-state index contributed by atoms with van der Waals surface area (Å²) in [7, 11) is 0. The van der Waals surface area contributed by atoms with Gasteiger partial charge in [0.15, 0.2) is 0 Å². The highest BCUT2D eigenvalue weighted by atomic mass is 16.1. The summed E-state index contributed by atoms with van der Waals surface area (Å²) >= 11 is 0. The Bertz CT molecular complexity index is 723. The first-order valence-corrected chi connectivity index (χ1v) is 8.60. The number of carbonyl (C=O) groups is 1. The van der Waals surface area contributed by atoms with Gasteiger partial charge in [0.1, 0.15) is 5.69 Å². The molecule has 0 bridgehead atoms. The summed E-state index contributed by atoms with van der Waals surface area (Å²) in [5, 5.41) is 6.28. The molecule has 1 aliphatic carbocycles. The van der Waals surface area contributed by atoms with Crippen molar-refractivity contribution in [2.45, 2.75) is 52.0 Å². The Morgan fingerprint density at radius 1 is 1.12 bits per heavy atom. The van der Waals surface area contributed by atoms with E-state index in [4.69, 9.17) is 0 Å². The molecule has 0 radical (unpaired) electrons. The molecule has 0 atom stereocenters. The van der Waals surface area contributed by atoms with Crippen LogP contribution in [0.2, 0.25) is 0 Å². The Morgan fingerprint density at radius 3 is 2.67 bits per heavy atom. The summed E-state index contributed by atoms with van der Waals surface area (Å²) in [5.41, 5.74) is 3.68. The van der Waals surface area contributed by atoms with E-state index in [1.165, 1.54) is 24.8 Å². The molecule has 1 aliphatic rings. The van der Waals surface area contributed by atoms with Crippen LogP contribution in [0.5, 0.6) is 0 Å². The van der Waals surface area contributed by atoms with E-state index >= 15 is 0 Å². The number of hydrogen-bond acceptors (Lipinski definition) is 4. The first-order chi connectivity index (χ1) is 11.6. The highest BCUT2D eigenvalue weighted by Crippen LogP contribution is 2.20. The second kappa shape index (κ2) is 7.43. The number of nitrogens with zero attached hydrogens (tertiary/aromatic N) is 2. The van der Waals surface area contributed by atoms with Crippen LogP contribution in [-0.4, -0.2) is 21.9 Å². The standard InChI is InChI=1S/C19H24N4O/c1-13-8-9-16(14(2)12-13)22-19-20-11-10-17(23-19)18(24)21-15-6-4-3-5-7-15/h8-12,15H,3-7H2,1-2H3,(H,21,24)(H,20,22,23). The molecule has 5 nitrogen and oxygen atoms in total. The predicted molar refractivity (Wildman–Crippen MR) is 95.6 cm³/mol. The van der Waals surface area contributed by atoms with Crippen molar-refractivity contribution in [2.24, 2.45) is 0 Å². The molecular formula is C19H24N4O. The molecule has 1 amide bonds. The van der Waals surface area contributed by atoms with Crippen molar-refractivity contribution in [2.75, 3.05) is 5.32 Å². The molecule has 1 aromatic carbocycles. The maximum Gasteiger partial charge on any atom is 0.270 e. The van der Waals surface area contributed by atoms with Gasteiger partial charge in [-0.25, -0.2) is 9.97 Å². The molecule has 1 saturated carbocycles. The molecule has 1 aromatic heterocycles. The van der Waals surface area contributed by atoms with Crippen LogP contribution in [0.15, 0.2) is 30.5 Å². The molecular weight excluding hydrogens is 300 g/mol. The predicted octanol–water partition coefficient (Wildman–Crippen LogP) is 3.90. The monoisotopic (exact) mass is 324 g/mol. The first-order valence-electron chi connectivity index (χ1n) is 8.60. The summed E-state index contributed by atoms with van der Waals surface area (Å²) in [6.07, 6.45) is 7.38. The molecule has 0 saturated heterocycles. The van der Waals surface area contributed by atoms with E-state index in [1.807, 2.05) is 19.1 Å². The van der Waals surface area contributed by atoms with Crippen molar-refractivity contribution in [1.29, 1.82) is 0 Å². The van der Waals surface area contributed by atoms with Crippen molar-refractivity contribution in [1.82, 2.24) is 15.3 Å². The summed E-state index contributed by atoms with van der Waals surface area (Å²) in [4.78, 5) is 21.0. The normalized spacial score (nSPS) is 15.1. The van der Waals surface area contributed by atoms with Crippen LogP contribution in [-0.2, 0) is 0 Å². The minimum absolute atomic E-state index is 0.118. The molecule has 24 heavy (non-hydrogen) atoms. The lowest BCUT2D eigenvalue weighted by molar-refractivity contribution is 0.0922. The molecule has 126 valence electrons. The molecule has 5 heteroatoms. The highest BCUT2D eigenvalue weighted by molar-refractivity contribution is 5.92. The SMILES string of the molecule is Cc1ccc(Nc2nccc(C(=O)NC3CCCCC3)n2)c(C)c1. The molecule has 0 unspecified atom stereocenters. The van der Waals surface area contributed by atoms with E-state index in [0.29, 0.717) is 11.6 Å². The Labute approximate surface area is 142 Å². The van der Waals surface area contributed by atoms with Gasteiger partial charge in [-0.1, -0.05) is 37.0 Å². The minimum atomic E-state index is -0.118. The van der Waals surface area contributed by atoms with Gasteiger partial charge < -0.3 is 10.6 Å². The highest BCUT2D eigenvalue weighted by Gasteiger charge is 2.17. The van der Waals surface area contributed by atoms with Crippen molar-refractivity contribution in [3.8, 4) is 0 Å². The van der Waals surface area contributed by atoms with Gasteiger partial charge in [0.2, 0.25) is 5.95 Å². The van der Waals surface area contributed by atoms with Gasteiger partial charge in [0, 0.05) is 17.9 Å². The summed E-state index contributed by atoms with van der Waals surface area (Å²) in [6.45, 7) is 4.10. The molecule has 3 rings (SSSR count). The smallest absolute Gasteiger partial charge is 0.270 e. The Kier molecular flexibility index (Phi) is 5.08. The second-order valence-electron chi connectivity index (χ2n) is 6.52. The third-order valence-corrected chi connectivity index (χ3v) is 4.46. The number of carbonyl (C=O) groups excluding carboxylic acids is 1. The first kappa shape index (κ1) is 16.4. The van der Waals surface area contributed by atoms with Gasteiger partial charge in [0.25, 0.3) is 5.91 Å². The van der Waals surface area contributed by atoms with Crippen LogP contribution in [0, 0.1) is 13.8 Å². The maximum absolute atomic E-state index is 12.4. The van der Waals surface area contributed by atoms with Gasteiger partial charge in [-0.05, 0) is 44.4 Å². The Hall–Kier alpha value is -2.43. The van der Waals surface area contributed by atoms with Crippen LogP contribution in [0.1, 0.15) is 53.7 Å². The van der Waals surface area contributed by atoms with E-state index in [2.05, 4.69) is 33.6 Å². The topological polar surface area (TPSA) is 66.9 Å². The van der Waals surface area contributed by atoms with Crippen molar-refractivity contribution in [3.63, 3.8) is 0 Å². The second-order valence-corrected chi connectivity index (χ2v) is 6.52. The van der Waals surface area contributed by atoms with Crippen LogP contribution in [0.25, 0.3) is 0 Å². The lowest BCUT2D eigenvalue weighted by Gasteiger charge is -2.22. The summed E-state index contributed by atoms with van der Waals surface area (Å²) in [6, 6.07) is 8.07. The zero-order chi connectivity index (χ0) is 16.9. The third kappa shape index (κ3) is 4.10. The van der Waals surface area contributed by atoms with Gasteiger partial charge in [-0.15, -0.1) is 0 Å². The zero-order valence-corrected chi connectivity index (χ0v) is 14.3. The van der Waals surface area contributed by atoms with Crippen LogP contribution < -0.4 is 10.6 Å². The lowest BCUT2D eigenvalue weighted by Crippen LogP contribution is -2.36. The fourth-order valence-electron chi connectivity index (χ4n) is 3.13. The number of aryl methyl sites for hydroxylation is 2. The van der Waals surface area contributed by atoms with Crippen LogP contribution in [0.4, 0.5) is 11.6 Å². The summed E-state index contributed by atoms with van der Waals surface area (Å²) < 4.78 is 0. The van der Waals surface area contributed by atoms with Crippen molar-refractivity contribution >= 4 is 17.5 Å². The molecule has 0 spiro atoms. The molecule has 2 N–H and O–H groups in total. The number of aromatic nitrogens is 2. The quantitative estimate of drug-likeness (QED) is 0.895. The average Bonchev–Trinajstić information content (AvgIpc) is 2.59. The number of benzene rings is 1. The van der Waals surface area contributed by atoms with Crippen molar-refractivity contribution < 1.29 is 4.79 Å². The Balaban J connectivity index is 1.70. The number of hydrogen-bond donors (Lipinski definition) is 2. The maximum atomic E-state index is 12.4. The summed E-state index contributed by atoms with van der Waals surface area (Å²) in [5.74, 6) is 0.325. The number of rotatable bonds is 4. The average molecular weight is 324 g/mol. The van der Waals surface area contributed by atoms with E-state index in [0.717, 1.165) is 24.1 Å². The van der Waals surface area contributed by atoms with E-state index in [-0.39, 0.29) is 11.9 Å². The van der Waals surface area contributed by atoms with Gasteiger partial charge in [-0.2, -0.15) is 0 Å². The van der Waals surface area contributed by atoms with Gasteiger partial charge in [-0.3, -0.25) is 4.79 Å². The third-order valence-electron chi connectivity index (χ3n) is 4.46. The fourth-order valence-corrected chi connectivity index (χ4v) is 3.13. The lowest BCUT2D eigenvalue weighted by atomic mass is 9.95. The van der Waals surface area contributed by atoms with E-state index < -0.39 is 0 Å². The fraction of sp³-hybridized carbons (Fsp3) is 0.421. The van der Waals surface area contributed by atoms with Crippen molar-refractivity contribution in [3.05, 3.63) is 47.3 Å². The largest absolute Gasteiger partial charge is 0.348 e. The minimum Gasteiger partial charge on any atom is -0.348 e. The molecule has 1 heterocycles.